The number of hydrogen-bond donors (Lipinski definition) is 2. The van der Waals surface area contributed by atoms with E-state index >= 15 is 0 Å². The predicted molar refractivity (Wildman–Crippen MR) is 75.0 cm³/mol. The highest BCUT2D eigenvalue weighted by Gasteiger charge is 2.19. The number of nitrogens with one attached hydrogen (secondary N) is 2. The summed E-state index contributed by atoms with van der Waals surface area (Å²) in [6, 6.07) is 8.02. The minimum absolute atomic E-state index is 0.128. The van der Waals surface area contributed by atoms with E-state index < -0.39 is 0 Å². The van der Waals surface area contributed by atoms with Crippen molar-refractivity contribution in [2.45, 2.75) is 31.8 Å². The van der Waals surface area contributed by atoms with Crippen molar-refractivity contribution < 1.29 is 14.3 Å². The molecule has 1 aliphatic rings. The first-order valence-corrected chi connectivity index (χ1v) is 6.82. The van der Waals surface area contributed by atoms with Gasteiger partial charge in [-0.05, 0) is 17.5 Å². The number of benzene rings is 1. The van der Waals surface area contributed by atoms with Crippen LogP contribution in [0, 0.1) is 0 Å². The van der Waals surface area contributed by atoms with Crippen LogP contribution in [0.3, 0.4) is 0 Å². The maximum Gasteiger partial charge on any atom is 0.309 e. The molecule has 1 fully saturated rings. The Hall–Kier alpha value is -1.88. The molecule has 5 heteroatoms. The van der Waals surface area contributed by atoms with E-state index in [2.05, 4.69) is 10.6 Å². The van der Waals surface area contributed by atoms with E-state index in [0.29, 0.717) is 13.0 Å². The van der Waals surface area contributed by atoms with Crippen molar-refractivity contribution in [2.75, 3.05) is 13.7 Å². The quantitative estimate of drug-likeness (QED) is 0.753. The molecule has 2 rings (SSSR count). The molecule has 1 amide bonds. The monoisotopic (exact) mass is 276 g/mol. The van der Waals surface area contributed by atoms with Gasteiger partial charge in [-0.3, -0.25) is 9.59 Å². The summed E-state index contributed by atoms with van der Waals surface area (Å²) in [7, 11) is 1.39. The van der Waals surface area contributed by atoms with Gasteiger partial charge in [0.2, 0.25) is 5.91 Å². The van der Waals surface area contributed by atoms with E-state index in [1.54, 1.807) is 0 Å². The van der Waals surface area contributed by atoms with Crippen molar-refractivity contribution in [3.05, 3.63) is 35.4 Å². The summed E-state index contributed by atoms with van der Waals surface area (Å²) >= 11 is 0. The van der Waals surface area contributed by atoms with Gasteiger partial charge in [-0.1, -0.05) is 24.3 Å². The van der Waals surface area contributed by atoms with Gasteiger partial charge in [-0.25, -0.2) is 0 Å². The van der Waals surface area contributed by atoms with Crippen molar-refractivity contribution in [3.8, 4) is 0 Å². The van der Waals surface area contributed by atoms with E-state index in [4.69, 9.17) is 4.74 Å². The van der Waals surface area contributed by atoms with Gasteiger partial charge in [0.1, 0.15) is 0 Å². The molecule has 20 heavy (non-hydrogen) atoms. The average Bonchev–Trinajstić information content (AvgIpc) is 2.86. The molecule has 1 aromatic carbocycles. The van der Waals surface area contributed by atoms with E-state index in [0.717, 1.165) is 24.1 Å². The summed E-state index contributed by atoms with van der Waals surface area (Å²) in [5.41, 5.74) is 2.06. The molecular formula is C15H20N2O3. The lowest BCUT2D eigenvalue weighted by Crippen LogP contribution is -2.35. The summed E-state index contributed by atoms with van der Waals surface area (Å²) < 4.78 is 4.70. The fourth-order valence-electron chi connectivity index (χ4n) is 2.34. The largest absolute Gasteiger partial charge is 0.469 e. The van der Waals surface area contributed by atoms with Crippen LogP contribution < -0.4 is 10.6 Å². The second-order valence-corrected chi connectivity index (χ2v) is 4.96. The molecule has 0 aromatic heterocycles. The molecule has 0 saturated carbocycles. The molecule has 2 N–H and O–H groups in total. The molecule has 0 spiro atoms. The Morgan fingerprint density at radius 2 is 2.15 bits per heavy atom. The SMILES string of the molecule is COC(=O)Cc1ccccc1CNCC1CCC(=O)N1. The first kappa shape index (κ1) is 14.5. The predicted octanol–water partition coefficient (Wildman–Crippen LogP) is 0.770. The van der Waals surface area contributed by atoms with Crippen molar-refractivity contribution in [3.63, 3.8) is 0 Å². The molecule has 0 bridgehead atoms. The van der Waals surface area contributed by atoms with Crippen molar-refractivity contribution >= 4 is 11.9 Å². The summed E-state index contributed by atoms with van der Waals surface area (Å²) in [6.45, 7) is 1.43. The number of carbonyl (C=O) groups excluding carboxylic acids is 2. The zero-order valence-electron chi connectivity index (χ0n) is 11.6. The van der Waals surface area contributed by atoms with Crippen LogP contribution in [-0.4, -0.2) is 31.6 Å². The van der Waals surface area contributed by atoms with Crippen LogP contribution in [0.5, 0.6) is 0 Å². The van der Waals surface area contributed by atoms with Crippen LogP contribution in [0.2, 0.25) is 0 Å². The Morgan fingerprint density at radius 1 is 1.40 bits per heavy atom. The van der Waals surface area contributed by atoms with E-state index in [1.807, 2.05) is 24.3 Å². The number of amides is 1. The second kappa shape index (κ2) is 7.05. The molecular weight excluding hydrogens is 256 g/mol. The Balaban J connectivity index is 1.85. The van der Waals surface area contributed by atoms with Crippen LogP contribution in [-0.2, 0) is 27.3 Å². The molecule has 1 aromatic rings. The van der Waals surface area contributed by atoms with Gasteiger partial charge in [0.05, 0.1) is 13.5 Å². The topological polar surface area (TPSA) is 67.4 Å². The van der Waals surface area contributed by atoms with Crippen LogP contribution >= 0.6 is 0 Å². The molecule has 0 radical (unpaired) electrons. The van der Waals surface area contributed by atoms with Crippen molar-refractivity contribution in [2.24, 2.45) is 0 Å². The fraction of sp³-hybridized carbons (Fsp3) is 0.467. The maximum atomic E-state index is 11.4. The summed E-state index contributed by atoms with van der Waals surface area (Å²) in [6.07, 6.45) is 1.79. The Morgan fingerprint density at radius 3 is 2.80 bits per heavy atom. The lowest BCUT2D eigenvalue weighted by Gasteiger charge is -2.13. The number of carbonyl (C=O) groups is 2. The van der Waals surface area contributed by atoms with Gasteiger partial charge < -0.3 is 15.4 Å². The minimum Gasteiger partial charge on any atom is -0.469 e. The summed E-state index contributed by atoms with van der Waals surface area (Å²) in [4.78, 5) is 22.5. The normalized spacial score (nSPS) is 17.9. The summed E-state index contributed by atoms with van der Waals surface area (Å²) in [5, 5.41) is 6.25. The highest BCUT2D eigenvalue weighted by molar-refractivity contribution is 5.78. The third-order valence-electron chi connectivity index (χ3n) is 3.47. The number of methoxy groups -OCH3 is 1. The van der Waals surface area contributed by atoms with Crippen LogP contribution in [0.1, 0.15) is 24.0 Å². The number of rotatable bonds is 6. The zero-order valence-corrected chi connectivity index (χ0v) is 11.6. The Kier molecular flexibility index (Phi) is 5.12. The molecule has 108 valence electrons. The number of esters is 1. The Bertz CT molecular complexity index is 488. The molecule has 1 atom stereocenters. The molecule has 1 heterocycles. The highest BCUT2D eigenvalue weighted by atomic mass is 16.5. The van der Waals surface area contributed by atoms with Gasteiger partial charge >= 0.3 is 5.97 Å². The molecule has 1 saturated heterocycles. The first-order chi connectivity index (χ1) is 9.69. The van der Waals surface area contributed by atoms with E-state index in [9.17, 15) is 9.59 Å². The molecule has 5 nitrogen and oxygen atoms in total. The van der Waals surface area contributed by atoms with Crippen LogP contribution in [0.4, 0.5) is 0 Å². The third kappa shape index (κ3) is 4.06. The van der Waals surface area contributed by atoms with Gasteiger partial charge in [0, 0.05) is 25.6 Å². The first-order valence-electron chi connectivity index (χ1n) is 6.82. The van der Waals surface area contributed by atoms with Gasteiger partial charge in [-0.15, -0.1) is 0 Å². The lowest BCUT2D eigenvalue weighted by atomic mass is 10.0. The number of hydrogen-bond acceptors (Lipinski definition) is 4. The molecule has 1 aliphatic heterocycles. The highest BCUT2D eigenvalue weighted by Crippen LogP contribution is 2.11. The zero-order chi connectivity index (χ0) is 14.4. The molecule has 0 aliphatic carbocycles. The second-order valence-electron chi connectivity index (χ2n) is 4.96. The van der Waals surface area contributed by atoms with Crippen LogP contribution in [0.15, 0.2) is 24.3 Å². The Labute approximate surface area is 118 Å². The maximum absolute atomic E-state index is 11.4. The lowest BCUT2D eigenvalue weighted by molar-refractivity contribution is -0.139. The van der Waals surface area contributed by atoms with Gasteiger partial charge in [-0.2, -0.15) is 0 Å². The third-order valence-corrected chi connectivity index (χ3v) is 3.47. The average molecular weight is 276 g/mol. The fourth-order valence-corrected chi connectivity index (χ4v) is 2.34. The molecule has 1 unspecified atom stereocenters. The minimum atomic E-state index is -0.236. The van der Waals surface area contributed by atoms with Crippen molar-refractivity contribution in [1.29, 1.82) is 0 Å². The van der Waals surface area contributed by atoms with Gasteiger partial charge in [0.15, 0.2) is 0 Å². The van der Waals surface area contributed by atoms with E-state index in [1.165, 1.54) is 7.11 Å². The van der Waals surface area contributed by atoms with Gasteiger partial charge in [0.25, 0.3) is 0 Å². The van der Waals surface area contributed by atoms with Crippen molar-refractivity contribution in [1.82, 2.24) is 10.6 Å². The smallest absolute Gasteiger partial charge is 0.309 e. The summed E-state index contributed by atoms with van der Waals surface area (Å²) in [5.74, 6) is -0.108. The van der Waals surface area contributed by atoms with E-state index in [-0.39, 0.29) is 24.3 Å². The van der Waals surface area contributed by atoms with Crippen LogP contribution in [0.25, 0.3) is 0 Å². The standard InChI is InChI=1S/C15H20N2O3/c1-20-15(19)8-11-4-2-3-5-12(11)9-16-10-13-6-7-14(18)17-13/h2-5,13,16H,6-10H2,1H3,(H,17,18). The number of ether oxygens (including phenoxy) is 1.